The van der Waals surface area contributed by atoms with Crippen LogP contribution in [0.1, 0.15) is 10.6 Å². The minimum absolute atomic E-state index is 0.433. The van der Waals surface area contributed by atoms with Crippen LogP contribution in [0.15, 0.2) is 36.7 Å². The van der Waals surface area contributed by atoms with Crippen molar-refractivity contribution in [2.75, 3.05) is 0 Å². The number of hydrogen-bond donors (Lipinski definition) is 0. The molecule has 2 heterocycles. The summed E-state index contributed by atoms with van der Waals surface area (Å²) in [4.78, 5) is 13.5. The zero-order valence-electron chi connectivity index (χ0n) is 9.51. The first-order valence-electron chi connectivity index (χ1n) is 5.63. The molecule has 90 valence electrons. The zero-order chi connectivity index (χ0) is 12.4. The van der Waals surface area contributed by atoms with Gasteiger partial charge in [0.1, 0.15) is 16.7 Å². The fourth-order valence-corrected chi connectivity index (χ4v) is 2.91. The molecular formula is C13H10ClN3S. The fourth-order valence-electron chi connectivity index (χ4n) is 1.77. The third-order valence-corrected chi connectivity index (χ3v) is 3.97. The van der Waals surface area contributed by atoms with Crippen molar-refractivity contribution >= 4 is 33.3 Å². The Balaban J connectivity index is 1.81. The van der Waals surface area contributed by atoms with Crippen LogP contribution in [0.4, 0.5) is 0 Å². The molecular weight excluding hydrogens is 266 g/mol. The minimum Gasteiger partial charge on any atom is -0.236 e. The molecule has 3 aromatic rings. The second-order valence-corrected chi connectivity index (χ2v) is 5.33. The average Bonchev–Trinajstić information content (AvgIpc) is 2.82. The van der Waals surface area contributed by atoms with Crippen LogP contribution in [0.5, 0.6) is 0 Å². The second-order valence-electron chi connectivity index (χ2n) is 3.91. The summed E-state index contributed by atoms with van der Waals surface area (Å²) < 4.78 is 0. The number of aryl methyl sites for hydroxylation is 2. The first kappa shape index (κ1) is 11.6. The lowest BCUT2D eigenvalue weighted by Crippen LogP contribution is -1.89. The molecule has 0 saturated heterocycles. The van der Waals surface area contributed by atoms with E-state index in [2.05, 4.69) is 39.2 Å². The number of hydrogen-bond acceptors (Lipinski definition) is 4. The van der Waals surface area contributed by atoms with Gasteiger partial charge in [-0.1, -0.05) is 53.3 Å². The SMILES string of the molecule is Clc1ncnc2sc(CCc3ccccc3)nc12. The van der Waals surface area contributed by atoms with E-state index >= 15 is 0 Å². The molecule has 3 rings (SSSR count). The summed E-state index contributed by atoms with van der Waals surface area (Å²) >= 11 is 7.56. The summed E-state index contributed by atoms with van der Waals surface area (Å²) in [6.45, 7) is 0. The Morgan fingerprint density at radius 3 is 2.67 bits per heavy atom. The van der Waals surface area contributed by atoms with Crippen molar-refractivity contribution in [2.24, 2.45) is 0 Å². The van der Waals surface area contributed by atoms with Crippen LogP contribution in [-0.4, -0.2) is 15.0 Å². The number of rotatable bonds is 3. The highest BCUT2D eigenvalue weighted by Gasteiger charge is 2.08. The van der Waals surface area contributed by atoms with E-state index in [1.807, 2.05) is 6.07 Å². The van der Waals surface area contributed by atoms with Gasteiger partial charge in [-0.25, -0.2) is 15.0 Å². The lowest BCUT2D eigenvalue weighted by molar-refractivity contribution is 0.948. The van der Waals surface area contributed by atoms with Crippen LogP contribution >= 0.6 is 22.9 Å². The van der Waals surface area contributed by atoms with Gasteiger partial charge in [-0.2, -0.15) is 0 Å². The van der Waals surface area contributed by atoms with Gasteiger partial charge in [0.25, 0.3) is 0 Å². The first-order chi connectivity index (χ1) is 8.83. The molecule has 0 atom stereocenters. The van der Waals surface area contributed by atoms with Gasteiger partial charge in [-0.3, -0.25) is 0 Å². The molecule has 0 aliphatic carbocycles. The van der Waals surface area contributed by atoms with Gasteiger partial charge < -0.3 is 0 Å². The largest absolute Gasteiger partial charge is 0.236 e. The van der Waals surface area contributed by atoms with Crippen molar-refractivity contribution < 1.29 is 0 Å². The quantitative estimate of drug-likeness (QED) is 0.687. The topological polar surface area (TPSA) is 38.7 Å². The number of thiazole rings is 1. The summed E-state index contributed by atoms with van der Waals surface area (Å²) in [5, 5.41) is 1.48. The summed E-state index contributed by atoms with van der Waals surface area (Å²) in [5.41, 5.74) is 2.03. The molecule has 0 unspecified atom stereocenters. The molecule has 1 aromatic carbocycles. The highest BCUT2D eigenvalue weighted by atomic mass is 35.5. The maximum absolute atomic E-state index is 5.98. The normalized spacial score (nSPS) is 10.9. The summed E-state index contributed by atoms with van der Waals surface area (Å²) in [5.74, 6) is 0. The van der Waals surface area contributed by atoms with Crippen molar-refractivity contribution in [1.82, 2.24) is 15.0 Å². The molecule has 0 saturated carbocycles. The Hall–Kier alpha value is -1.52. The van der Waals surface area contributed by atoms with Gasteiger partial charge in [-0.15, -0.1) is 0 Å². The third-order valence-electron chi connectivity index (χ3n) is 2.67. The van der Waals surface area contributed by atoms with Crippen molar-refractivity contribution in [2.45, 2.75) is 12.8 Å². The molecule has 0 radical (unpaired) electrons. The molecule has 3 nitrogen and oxygen atoms in total. The molecule has 18 heavy (non-hydrogen) atoms. The van der Waals surface area contributed by atoms with Crippen LogP contribution in [0.2, 0.25) is 5.15 Å². The standard InChI is InChI=1S/C13H10ClN3S/c14-12-11-13(16-8-15-12)18-10(17-11)7-6-9-4-2-1-3-5-9/h1-5,8H,6-7H2. The second kappa shape index (κ2) is 5.00. The summed E-state index contributed by atoms with van der Waals surface area (Å²) in [7, 11) is 0. The van der Waals surface area contributed by atoms with E-state index in [1.165, 1.54) is 11.9 Å². The molecule has 0 bridgehead atoms. The van der Waals surface area contributed by atoms with Crippen molar-refractivity contribution in [3.05, 3.63) is 52.4 Å². The van der Waals surface area contributed by atoms with Gasteiger partial charge in [-0.05, 0) is 12.0 Å². The van der Waals surface area contributed by atoms with E-state index in [-0.39, 0.29) is 0 Å². The van der Waals surface area contributed by atoms with Gasteiger partial charge in [0.2, 0.25) is 0 Å². The molecule has 5 heteroatoms. The first-order valence-corrected chi connectivity index (χ1v) is 6.82. The highest BCUT2D eigenvalue weighted by Crippen LogP contribution is 2.25. The van der Waals surface area contributed by atoms with Crippen LogP contribution in [0.25, 0.3) is 10.3 Å². The third kappa shape index (κ3) is 2.35. The lowest BCUT2D eigenvalue weighted by Gasteiger charge is -1.97. The lowest BCUT2D eigenvalue weighted by atomic mass is 10.1. The fraction of sp³-hybridized carbons (Fsp3) is 0.154. The maximum Gasteiger partial charge on any atom is 0.159 e. The van der Waals surface area contributed by atoms with E-state index in [9.17, 15) is 0 Å². The Labute approximate surface area is 114 Å². The zero-order valence-corrected chi connectivity index (χ0v) is 11.1. The highest BCUT2D eigenvalue weighted by molar-refractivity contribution is 7.18. The van der Waals surface area contributed by atoms with Crippen molar-refractivity contribution in [3.63, 3.8) is 0 Å². The van der Waals surface area contributed by atoms with E-state index < -0.39 is 0 Å². The van der Waals surface area contributed by atoms with Gasteiger partial charge in [0.15, 0.2) is 5.15 Å². The Kier molecular flexibility index (Phi) is 3.21. The minimum atomic E-state index is 0.433. The Bertz CT molecular complexity index is 666. The van der Waals surface area contributed by atoms with Gasteiger partial charge in [0.05, 0.1) is 5.01 Å². The van der Waals surface area contributed by atoms with E-state index in [4.69, 9.17) is 11.6 Å². The van der Waals surface area contributed by atoms with Crippen LogP contribution in [0.3, 0.4) is 0 Å². The van der Waals surface area contributed by atoms with Crippen LogP contribution in [-0.2, 0) is 12.8 Å². The predicted octanol–water partition coefficient (Wildman–Crippen LogP) is 3.52. The van der Waals surface area contributed by atoms with Gasteiger partial charge in [0, 0.05) is 6.42 Å². The number of nitrogens with zero attached hydrogens (tertiary/aromatic N) is 3. The average molecular weight is 276 g/mol. The van der Waals surface area contributed by atoms with Crippen molar-refractivity contribution in [1.29, 1.82) is 0 Å². The summed E-state index contributed by atoms with van der Waals surface area (Å²) in [6.07, 6.45) is 3.36. The van der Waals surface area contributed by atoms with Gasteiger partial charge >= 0.3 is 0 Å². The predicted molar refractivity (Wildman–Crippen MR) is 74.1 cm³/mol. The number of fused-ring (bicyclic) bond motifs is 1. The molecule has 0 spiro atoms. The molecule has 0 N–H and O–H groups in total. The van der Waals surface area contributed by atoms with Crippen LogP contribution < -0.4 is 0 Å². The monoisotopic (exact) mass is 275 g/mol. The van der Waals surface area contributed by atoms with E-state index in [1.54, 1.807) is 11.3 Å². The molecule has 2 aromatic heterocycles. The number of benzene rings is 1. The number of halogens is 1. The molecule has 0 aliphatic rings. The maximum atomic E-state index is 5.98. The summed E-state index contributed by atoms with van der Waals surface area (Å²) in [6, 6.07) is 10.4. The Morgan fingerprint density at radius 2 is 1.89 bits per heavy atom. The van der Waals surface area contributed by atoms with Crippen molar-refractivity contribution in [3.8, 4) is 0 Å². The molecule has 0 fully saturated rings. The van der Waals surface area contributed by atoms with E-state index in [0.717, 1.165) is 22.7 Å². The smallest absolute Gasteiger partial charge is 0.159 e. The molecule has 0 aliphatic heterocycles. The Morgan fingerprint density at radius 1 is 1.06 bits per heavy atom. The number of aromatic nitrogens is 3. The van der Waals surface area contributed by atoms with Crippen LogP contribution in [0, 0.1) is 0 Å². The van der Waals surface area contributed by atoms with E-state index in [0.29, 0.717) is 10.7 Å². The molecule has 0 amide bonds.